The summed E-state index contributed by atoms with van der Waals surface area (Å²) in [5.74, 6) is -0.126. The number of thiazole rings is 1. The Kier molecular flexibility index (Phi) is 7.21. The van der Waals surface area contributed by atoms with E-state index in [-0.39, 0.29) is 5.91 Å². The van der Waals surface area contributed by atoms with Gasteiger partial charge in [-0.1, -0.05) is 43.4 Å². The highest BCUT2D eigenvalue weighted by atomic mass is 32.2. The van der Waals surface area contributed by atoms with E-state index in [1.807, 2.05) is 30.0 Å². The first-order chi connectivity index (χ1) is 13.5. The Balaban J connectivity index is 1.87. The molecule has 2 aromatic carbocycles. The van der Waals surface area contributed by atoms with Crippen LogP contribution in [-0.2, 0) is 17.8 Å². The van der Waals surface area contributed by atoms with E-state index >= 15 is 0 Å². The molecule has 0 fully saturated rings. The minimum Gasteiger partial charge on any atom is -0.313 e. The molecule has 146 valence electrons. The van der Waals surface area contributed by atoms with Crippen LogP contribution in [0.25, 0.3) is 10.2 Å². The minimum atomic E-state index is -0.126. The fourth-order valence-corrected chi connectivity index (χ4v) is 5.30. The Bertz CT molecular complexity index is 1050. The Morgan fingerprint density at radius 3 is 2.57 bits per heavy atom. The average molecular weight is 429 g/mol. The molecule has 0 aliphatic rings. The van der Waals surface area contributed by atoms with Gasteiger partial charge in [0.05, 0.1) is 16.6 Å². The molecule has 6 heteroatoms. The second kappa shape index (κ2) is 9.63. The zero-order chi connectivity index (χ0) is 20.1. The molecule has 28 heavy (non-hydrogen) atoms. The van der Waals surface area contributed by atoms with Crippen LogP contribution in [0.3, 0.4) is 0 Å². The smallest absolute Gasteiger partial charge is 0.252 e. The van der Waals surface area contributed by atoms with E-state index in [0.29, 0.717) is 18.2 Å². The van der Waals surface area contributed by atoms with Gasteiger partial charge in [0.2, 0.25) is 0 Å². The lowest BCUT2D eigenvalue weighted by Crippen LogP contribution is -2.16. The molecule has 0 atom stereocenters. The van der Waals surface area contributed by atoms with Crippen molar-refractivity contribution in [2.24, 2.45) is 4.99 Å². The van der Waals surface area contributed by atoms with Gasteiger partial charge < -0.3 is 4.57 Å². The molecule has 0 aliphatic carbocycles. The van der Waals surface area contributed by atoms with Crippen molar-refractivity contribution >= 4 is 51.0 Å². The molecule has 3 rings (SSSR count). The van der Waals surface area contributed by atoms with Gasteiger partial charge in [0, 0.05) is 21.6 Å². The third kappa shape index (κ3) is 5.19. The summed E-state index contributed by atoms with van der Waals surface area (Å²) >= 11 is 5.08. The van der Waals surface area contributed by atoms with Crippen molar-refractivity contribution in [3.8, 4) is 0 Å². The predicted molar refractivity (Wildman–Crippen MR) is 124 cm³/mol. The maximum Gasteiger partial charge on any atom is 0.252 e. The summed E-state index contributed by atoms with van der Waals surface area (Å²) in [6, 6.07) is 14.5. The van der Waals surface area contributed by atoms with Gasteiger partial charge in [0.25, 0.3) is 5.91 Å². The molecule has 0 N–H and O–H groups in total. The standard InChI is InChI=1S/C22H24N2OS3/c1-5-12-24-19-11-10-18(26-4)14-20(19)28-22(24)23-21(25)13-16-6-8-17(9-7-16)27-15(2)3/h5-11,14-15H,1,12-13H2,2-4H3. The summed E-state index contributed by atoms with van der Waals surface area (Å²) in [6.45, 7) is 8.82. The predicted octanol–water partition coefficient (Wildman–Crippen LogP) is 5.78. The Labute approximate surface area is 178 Å². The van der Waals surface area contributed by atoms with Crippen LogP contribution >= 0.6 is 34.9 Å². The van der Waals surface area contributed by atoms with Crippen molar-refractivity contribution in [2.75, 3.05) is 6.26 Å². The van der Waals surface area contributed by atoms with Crippen LogP contribution in [0.2, 0.25) is 0 Å². The maximum absolute atomic E-state index is 12.6. The van der Waals surface area contributed by atoms with Crippen molar-refractivity contribution in [3.63, 3.8) is 0 Å². The normalized spacial score (nSPS) is 12.1. The fourth-order valence-electron chi connectivity index (χ4n) is 2.85. The third-order valence-electron chi connectivity index (χ3n) is 4.07. The number of aromatic nitrogens is 1. The van der Waals surface area contributed by atoms with E-state index in [9.17, 15) is 4.79 Å². The summed E-state index contributed by atoms with van der Waals surface area (Å²) in [5, 5.41) is 0.544. The van der Waals surface area contributed by atoms with Gasteiger partial charge in [0.1, 0.15) is 0 Å². The van der Waals surface area contributed by atoms with Crippen LogP contribution in [0.5, 0.6) is 0 Å². The van der Waals surface area contributed by atoms with Crippen LogP contribution in [-0.4, -0.2) is 22.0 Å². The molecule has 1 heterocycles. The third-order valence-corrected chi connectivity index (χ3v) is 6.85. The van der Waals surface area contributed by atoms with Crippen molar-refractivity contribution < 1.29 is 4.79 Å². The lowest BCUT2D eigenvalue weighted by Gasteiger charge is -2.05. The van der Waals surface area contributed by atoms with Gasteiger partial charge in [-0.25, -0.2) is 0 Å². The van der Waals surface area contributed by atoms with Crippen LogP contribution in [0.15, 0.2) is 69.9 Å². The Morgan fingerprint density at radius 1 is 1.21 bits per heavy atom. The number of amides is 1. The highest BCUT2D eigenvalue weighted by molar-refractivity contribution is 8.00. The van der Waals surface area contributed by atoms with Crippen LogP contribution in [0.4, 0.5) is 0 Å². The monoisotopic (exact) mass is 428 g/mol. The second-order valence-corrected chi connectivity index (χ2v) is 10.1. The first-order valence-corrected chi connectivity index (χ1v) is 12.0. The first kappa shape index (κ1) is 21.0. The molecule has 0 saturated heterocycles. The number of hydrogen-bond acceptors (Lipinski definition) is 4. The molecule has 0 aliphatic heterocycles. The number of carbonyl (C=O) groups excluding carboxylic acids is 1. The number of allylic oxidation sites excluding steroid dienone is 1. The molecule has 3 nitrogen and oxygen atoms in total. The van der Waals surface area contributed by atoms with E-state index < -0.39 is 0 Å². The van der Waals surface area contributed by atoms with Gasteiger partial charge in [0.15, 0.2) is 4.80 Å². The molecular weight excluding hydrogens is 404 g/mol. The molecule has 3 aromatic rings. The molecule has 0 saturated carbocycles. The van der Waals surface area contributed by atoms with Gasteiger partial charge in [-0.3, -0.25) is 4.79 Å². The number of nitrogens with zero attached hydrogens (tertiary/aromatic N) is 2. The van der Waals surface area contributed by atoms with Gasteiger partial charge in [-0.2, -0.15) is 4.99 Å². The summed E-state index contributed by atoms with van der Waals surface area (Å²) in [4.78, 5) is 20.2. The lowest BCUT2D eigenvalue weighted by atomic mass is 10.1. The molecule has 0 spiro atoms. The molecule has 0 radical (unpaired) electrons. The Morgan fingerprint density at radius 2 is 1.93 bits per heavy atom. The first-order valence-electron chi connectivity index (χ1n) is 9.11. The van der Waals surface area contributed by atoms with E-state index in [1.54, 1.807) is 23.1 Å². The molecule has 1 aromatic heterocycles. The number of thioether (sulfide) groups is 2. The van der Waals surface area contributed by atoms with Gasteiger partial charge in [-0.05, 0) is 42.2 Å². The maximum atomic E-state index is 12.6. The van der Waals surface area contributed by atoms with E-state index in [4.69, 9.17) is 0 Å². The van der Waals surface area contributed by atoms with Crippen molar-refractivity contribution in [3.05, 3.63) is 65.5 Å². The van der Waals surface area contributed by atoms with E-state index in [0.717, 1.165) is 20.6 Å². The SMILES string of the molecule is C=CCn1c(=NC(=O)Cc2ccc(SC(C)C)cc2)sc2cc(SC)ccc21. The van der Waals surface area contributed by atoms with Gasteiger partial charge in [-0.15, -0.1) is 30.1 Å². The summed E-state index contributed by atoms with van der Waals surface area (Å²) in [5.41, 5.74) is 2.08. The van der Waals surface area contributed by atoms with E-state index in [2.05, 4.69) is 66.6 Å². The molecule has 1 amide bonds. The molecule has 0 unspecified atom stereocenters. The molecule has 0 bridgehead atoms. The van der Waals surface area contributed by atoms with Crippen molar-refractivity contribution in [1.29, 1.82) is 0 Å². The zero-order valence-electron chi connectivity index (χ0n) is 16.3. The van der Waals surface area contributed by atoms with Crippen molar-refractivity contribution in [1.82, 2.24) is 4.57 Å². The Hall–Kier alpha value is -1.76. The quantitative estimate of drug-likeness (QED) is 0.353. The van der Waals surface area contributed by atoms with Crippen LogP contribution in [0, 0.1) is 0 Å². The number of rotatable bonds is 7. The fraction of sp³-hybridized carbons (Fsp3) is 0.273. The van der Waals surface area contributed by atoms with E-state index in [1.165, 1.54) is 9.79 Å². The largest absolute Gasteiger partial charge is 0.313 e. The average Bonchev–Trinajstić information content (AvgIpc) is 2.99. The summed E-state index contributed by atoms with van der Waals surface area (Å²) in [7, 11) is 0. The van der Waals surface area contributed by atoms with Crippen LogP contribution in [0.1, 0.15) is 19.4 Å². The summed E-state index contributed by atoms with van der Waals surface area (Å²) in [6.07, 6.45) is 4.21. The lowest BCUT2D eigenvalue weighted by molar-refractivity contribution is -0.117. The van der Waals surface area contributed by atoms with Crippen molar-refractivity contribution in [2.45, 2.75) is 41.9 Å². The second-order valence-electron chi connectivity index (χ2n) is 6.61. The highest BCUT2D eigenvalue weighted by Gasteiger charge is 2.09. The number of benzene rings is 2. The minimum absolute atomic E-state index is 0.126. The van der Waals surface area contributed by atoms with Crippen LogP contribution < -0.4 is 4.80 Å². The zero-order valence-corrected chi connectivity index (χ0v) is 18.8. The highest BCUT2D eigenvalue weighted by Crippen LogP contribution is 2.25. The number of hydrogen-bond donors (Lipinski definition) is 0. The summed E-state index contributed by atoms with van der Waals surface area (Å²) < 4.78 is 3.19. The topological polar surface area (TPSA) is 34.4 Å². The number of fused-ring (bicyclic) bond motifs is 1. The van der Waals surface area contributed by atoms with Gasteiger partial charge >= 0.3 is 0 Å². The number of carbonyl (C=O) groups is 1. The molecular formula is C22H24N2OS3.